The number of fused-ring (bicyclic) bond motifs is 1. The fourth-order valence-electron chi connectivity index (χ4n) is 3.60. The Morgan fingerprint density at radius 1 is 1.26 bits per heavy atom. The van der Waals surface area contributed by atoms with Crippen molar-refractivity contribution in [1.29, 1.82) is 0 Å². The van der Waals surface area contributed by atoms with Crippen LogP contribution in [-0.2, 0) is 25.7 Å². The summed E-state index contributed by atoms with van der Waals surface area (Å²) in [4.78, 5) is 24.2. The molecular formula is C17H20O6. The standard InChI is InChI=1S/C17H20O6/c1-2-22-15(19)13-11-8-12(18)17(21,14(11)13)16(20)23-9-10-6-4-3-5-7-10/h3-7,11-14,18,21H,2,8-9H2,1H3/t11?,12-,13+,14+,17-/m1/s1. The van der Waals surface area contributed by atoms with Gasteiger partial charge < -0.3 is 19.7 Å². The zero-order chi connectivity index (χ0) is 16.6. The highest BCUT2D eigenvalue weighted by Crippen LogP contribution is 2.63. The molecule has 6 nitrogen and oxygen atoms in total. The summed E-state index contributed by atoms with van der Waals surface area (Å²) < 4.78 is 10.1. The maximum atomic E-state index is 12.3. The van der Waals surface area contributed by atoms with E-state index >= 15 is 0 Å². The van der Waals surface area contributed by atoms with Gasteiger partial charge in [-0.2, -0.15) is 0 Å². The lowest BCUT2D eigenvalue weighted by Crippen LogP contribution is -2.51. The maximum absolute atomic E-state index is 12.3. The van der Waals surface area contributed by atoms with Gasteiger partial charge in [0.2, 0.25) is 0 Å². The number of rotatable bonds is 5. The Kier molecular flexibility index (Phi) is 4.12. The van der Waals surface area contributed by atoms with Crippen molar-refractivity contribution in [3.63, 3.8) is 0 Å². The molecule has 2 aliphatic carbocycles. The summed E-state index contributed by atoms with van der Waals surface area (Å²) in [6.45, 7) is 1.95. The van der Waals surface area contributed by atoms with Crippen LogP contribution in [0.15, 0.2) is 30.3 Å². The van der Waals surface area contributed by atoms with Crippen LogP contribution in [0.3, 0.4) is 0 Å². The van der Waals surface area contributed by atoms with Crippen LogP contribution in [0.4, 0.5) is 0 Å². The van der Waals surface area contributed by atoms with E-state index in [4.69, 9.17) is 9.47 Å². The summed E-state index contributed by atoms with van der Waals surface area (Å²) in [6.07, 6.45) is -1.02. The van der Waals surface area contributed by atoms with Crippen molar-refractivity contribution in [2.45, 2.75) is 31.7 Å². The van der Waals surface area contributed by atoms with E-state index in [2.05, 4.69) is 0 Å². The van der Waals surface area contributed by atoms with E-state index in [0.29, 0.717) is 0 Å². The molecule has 2 aliphatic rings. The van der Waals surface area contributed by atoms with E-state index in [-0.39, 0.29) is 25.6 Å². The summed E-state index contributed by atoms with van der Waals surface area (Å²) in [5.41, 5.74) is -1.25. The number of carbonyl (C=O) groups is 2. The highest BCUT2D eigenvalue weighted by atomic mass is 16.6. The number of hydrogen-bond donors (Lipinski definition) is 2. The Morgan fingerprint density at radius 3 is 2.61 bits per heavy atom. The highest BCUT2D eigenvalue weighted by molar-refractivity contribution is 5.86. The molecule has 0 aliphatic heterocycles. The molecule has 2 fully saturated rings. The number of ether oxygens (including phenoxy) is 2. The fraction of sp³-hybridized carbons (Fsp3) is 0.529. The molecule has 0 spiro atoms. The van der Waals surface area contributed by atoms with E-state index in [9.17, 15) is 19.8 Å². The van der Waals surface area contributed by atoms with E-state index in [1.165, 1.54) is 0 Å². The van der Waals surface area contributed by atoms with Crippen molar-refractivity contribution < 1.29 is 29.3 Å². The fourth-order valence-corrected chi connectivity index (χ4v) is 3.60. The predicted octanol–water partition coefficient (Wildman–Crippen LogP) is 0.651. The van der Waals surface area contributed by atoms with Gasteiger partial charge in [0.1, 0.15) is 6.61 Å². The number of benzene rings is 1. The predicted molar refractivity (Wildman–Crippen MR) is 78.9 cm³/mol. The van der Waals surface area contributed by atoms with Crippen LogP contribution in [-0.4, -0.2) is 40.5 Å². The molecule has 1 aromatic rings. The second-order valence-electron chi connectivity index (χ2n) is 6.11. The van der Waals surface area contributed by atoms with E-state index < -0.39 is 35.5 Å². The minimum Gasteiger partial charge on any atom is -0.466 e. The summed E-state index contributed by atoms with van der Waals surface area (Å²) in [5, 5.41) is 20.7. The van der Waals surface area contributed by atoms with Gasteiger partial charge in [-0.25, -0.2) is 4.79 Å². The number of carbonyl (C=O) groups excluding carboxylic acids is 2. The largest absolute Gasteiger partial charge is 0.466 e. The molecule has 2 N–H and O–H groups in total. The minimum absolute atomic E-state index is 0.0101. The molecule has 124 valence electrons. The average molecular weight is 320 g/mol. The van der Waals surface area contributed by atoms with Gasteiger partial charge in [0.25, 0.3) is 0 Å². The monoisotopic (exact) mass is 320 g/mol. The smallest absolute Gasteiger partial charge is 0.341 e. The molecule has 2 saturated carbocycles. The SMILES string of the molecule is CCOC(=O)[C@H]1C2C[C@@H](O)[C@](O)(C(=O)OCc3ccccc3)[C@@H]21. The first-order chi connectivity index (χ1) is 11.0. The van der Waals surface area contributed by atoms with E-state index in [1.807, 2.05) is 18.2 Å². The Bertz CT molecular complexity index is 600. The molecule has 1 unspecified atom stereocenters. The normalized spacial score (nSPS) is 34.6. The van der Waals surface area contributed by atoms with Gasteiger partial charge >= 0.3 is 11.9 Å². The van der Waals surface area contributed by atoms with Crippen molar-refractivity contribution in [2.75, 3.05) is 6.61 Å². The molecule has 23 heavy (non-hydrogen) atoms. The second kappa shape index (κ2) is 5.94. The molecule has 0 saturated heterocycles. The van der Waals surface area contributed by atoms with Crippen LogP contribution >= 0.6 is 0 Å². The zero-order valence-electron chi connectivity index (χ0n) is 12.8. The summed E-state index contributed by atoms with van der Waals surface area (Å²) in [7, 11) is 0. The Morgan fingerprint density at radius 2 is 1.96 bits per heavy atom. The van der Waals surface area contributed by atoms with Crippen molar-refractivity contribution in [3.05, 3.63) is 35.9 Å². The first-order valence-electron chi connectivity index (χ1n) is 7.78. The Labute approximate surface area is 134 Å². The lowest BCUT2D eigenvalue weighted by Gasteiger charge is -2.28. The first-order valence-corrected chi connectivity index (χ1v) is 7.78. The van der Waals surface area contributed by atoms with E-state index in [1.54, 1.807) is 19.1 Å². The highest BCUT2D eigenvalue weighted by Gasteiger charge is 2.75. The quantitative estimate of drug-likeness (QED) is 0.774. The van der Waals surface area contributed by atoms with Crippen LogP contribution in [0.5, 0.6) is 0 Å². The molecular weight excluding hydrogens is 300 g/mol. The van der Waals surface area contributed by atoms with Gasteiger partial charge in [-0.1, -0.05) is 30.3 Å². The number of aliphatic hydroxyl groups is 2. The Hall–Kier alpha value is -1.92. The molecule has 1 aromatic carbocycles. The summed E-state index contributed by atoms with van der Waals surface area (Å²) in [5.74, 6) is -2.69. The lowest BCUT2D eigenvalue weighted by molar-refractivity contribution is -0.182. The van der Waals surface area contributed by atoms with Gasteiger partial charge in [0.05, 0.1) is 18.6 Å². The van der Waals surface area contributed by atoms with Gasteiger partial charge in [0.15, 0.2) is 5.60 Å². The number of aliphatic hydroxyl groups excluding tert-OH is 1. The molecule has 0 amide bonds. The van der Waals surface area contributed by atoms with Gasteiger partial charge in [-0.05, 0) is 24.8 Å². The molecule has 0 heterocycles. The third-order valence-electron chi connectivity index (χ3n) is 4.78. The summed E-state index contributed by atoms with van der Waals surface area (Å²) in [6, 6.07) is 9.07. The maximum Gasteiger partial charge on any atom is 0.341 e. The van der Waals surface area contributed by atoms with Crippen LogP contribution in [0.25, 0.3) is 0 Å². The van der Waals surface area contributed by atoms with Crippen LogP contribution in [0.2, 0.25) is 0 Å². The molecule has 6 heteroatoms. The number of esters is 2. The summed E-state index contributed by atoms with van der Waals surface area (Å²) >= 11 is 0. The van der Waals surface area contributed by atoms with Crippen molar-refractivity contribution in [2.24, 2.45) is 17.8 Å². The first kappa shape index (κ1) is 16.0. The van der Waals surface area contributed by atoms with Crippen LogP contribution < -0.4 is 0 Å². The van der Waals surface area contributed by atoms with E-state index in [0.717, 1.165) is 5.56 Å². The molecule has 3 rings (SSSR count). The van der Waals surface area contributed by atoms with Gasteiger partial charge in [0, 0.05) is 5.92 Å². The minimum atomic E-state index is -2.03. The van der Waals surface area contributed by atoms with Gasteiger partial charge in [-0.15, -0.1) is 0 Å². The van der Waals surface area contributed by atoms with Crippen LogP contribution in [0, 0.1) is 17.8 Å². The van der Waals surface area contributed by atoms with Crippen LogP contribution in [0.1, 0.15) is 18.9 Å². The molecule has 0 aromatic heterocycles. The van der Waals surface area contributed by atoms with Crippen molar-refractivity contribution >= 4 is 11.9 Å². The topological polar surface area (TPSA) is 93.1 Å². The molecule has 5 atom stereocenters. The molecule has 0 radical (unpaired) electrons. The second-order valence-corrected chi connectivity index (χ2v) is 6.11. The Balaban J connectivity index is 1.67. The molecule has 0 bridgehead atoms. The third-order valence-corrected chi connectivity index (χ3v) is 4.78. The van der Waals surface area contributed by atoms with Crippen molar-refractivity contribution in [3.8, 4) is 0 Å². The zero-order valence-corrected chi connectivity index (χ0v) is 12.8. The lowest BCUT2D eigenvalue weighted by atomic mass is 9.92. The number of hydrogen-bond acceptors (Lipinski definition) is 6. The third kappa shape index (κ3) is 2.62. The van der Waals surface area contributed by atoms with Gasteiger partial charge in [-0.3, -0.25) is 4.79 Å². The van der Waals surface area contributed by atoms with Crippen molar-refractivity contribution in [1.82, 2.24) is 0 Å². The average Bonchev–Trinajstić information content (AvgIpc) is 3.20.